The summed E-state index contributed by atoms with van der Waals surface area (Å²) in [7, 11) is -1.90. The van der Waals surface area contributed by atoms with E-state index in [0.29, 0.717) is 99.4 Å². The van der Waals surface area contributed by atoms with Crippen molar-refractivity contribution >= 4 is 97.9 Å². The predicted molar refractivity (Wildman–Crippen MR) is 417 cm³/mol. The van der Waals surface area contributed by atoms with Crippen LogP contribution in [0.4, 0.5) is 11.4 Å². The number of rotatable bonds is 34. The molecule has 0 saturated heterocycles. The quantitative estimate of drug-likeness (QED) is 0.00427. The monoisotopic (exact) mass is 1380 g/mol. The largest absolute Gasteiger partial charge is 0.450 e. The van der Waals surface area contributed by atoms with Gasteiger partial charge in [-0.3, -0.25) is 28.7 Å². The summed E-state index contributed by atoms with van der Waals surface area (Å²) in [4.78, 5) is 47.5. The van der Waals surface area contributed by atoms with Crippen LogP contribution in [0.15, 0.2) is 218 Å². The number of amides is 3. The normalized spacial score (nSPS) is 14.5. The third-order valence-corrected chi connectivity index (χ3v) is 20.6. The maximum absolute atomic E-state index is 15.0. The Morgan fingerprint density at radius 3 is 1.72 bits per heavy atom. The van der Waals surface area contributed by atoms with Crippen molar-refractivity contribution in [2.45, 2.75) is 124 Å². The van der Waals surface area contributed by atoms with Gasteiger partial charge in [-0.1, -0.05) is 186 Å². The van der Waals surface area contributed by atoms with Crippen LogP contribution in [0.2, 0.25) is 0 Å². The number of para-hydroxylation sites is 2. The van der Waals surface area contributed by atoms with Crippen molar-refractivity contribution in [2.24, 2.45) is 0 Å². The number of benzene rings is 8. The molecule has 6 N–H and O–H groups in total. The third-order valence-electron chi connectivity index (χ3n) is 19.8. The Bertz CT molecular complexity index is 4670. The lowest BCUT2D eigenvalue weighted by atomic mass is 9.81. The number of allylic oxidation sites excluding steroid dienone is 6. The third kappa shape index (κ3) is 18.1. The van der Waals surface area contributed by atoms with Crippen molar-refractivity contribution < 1.29 is 42.0 Å². The Balaban J connectivity index is 1.02. The average Bonchev–Trinajstić information content (AvgIpc) is 1.28. The molecule has 2 aliphatic rings. The number of hydrogen-bond donors (Lipinski definition) is 6. The molecule has 526 valence electrons. The zero-order valence-corrected chi connectivity index (χ0v) is 60.9. The lowest BCUT2D eigenvalue weighted by Gasteiger charge is -2.28. The van der Waals surface area contributed by atoms with Gasteiger partial charge in [0.25, 0.3) is 16.0 Å². The maximum Gasteiger partial charge on any atom is 0.327 e. The van der Waals surface area contributed by atoms with E-state index in [4.69, 9.17) is 0 Å². The topological polar surface area (TPSA) is 195 Å². The minimum atomic E-state index is -4.17. The molecular weight excluding hydrogens is 1290 g/mol. The molecule has 15 nitrogen and oxygen atoms in total. The molecule has 2 radical (unpaired) electrons. The van der Waals surface area contributed by atoms with Crippen LogP contribution in [-0.2, 0) is 63.3 Å². The molecule has 2 heterocycles. The summed E-state index contributed by atoms with van der Waals surface area (Å²) in [6.07, 6.45) is 12.3. The van der Waals surface area contributed by atoms with Gasteiger partial charge in [-0.25, -0.2) is 0 Å². The molecule has 8 aromatic rings. The summed E-state index contributed by atoms with van der Waals surface area (Å²) >= 11 is 0. The number of nitrogens with one attached hydrogen (secondary N) is 3. The fraction of sp³-hybridized carbons (Fsp3) is 0.310. The molecule has 0 bridgehead atoms. The molecule has 0 atom stereocenters. The lowest BCUT2D eigenvalue weighted by molar-refractivity contribution is -0.437. The Labute approximate surface area is 604 Å². The van der Waals surface area contributed by atoms with E-state index in [9.17, 15) is 37.4 Å². The summed E-state index contributed by atoms with van der Waals surface area (Å²) in [5, 5.41) is 34.0. The van der Waals surface area contributed by atoms with E-state index in [1.807, 2.05) is 84.9 Å². The average molecular weight is 1390 g/mol. The standard InChI is InChI=1S/C84H95B2N7O8S/c1-10-11-49-92-76-33-20-16-29-72(76)83(6,7)78(92)43-40-62(41-44-79-84(8,9)73-30-17-21-34-77(73)93(79)50-24-51-102(99,100)101)61-37-35-60(36-38-61)53-89-82(96)63-39-42-68-69(52-63)71(57-91(48-23-46-88-81(95)59(4)5)55-65-26-13-19-32-75(65)86-98)67-28-15-14-27-66(67)70(68)56-90(47-22-45-87-80(94)58(2)3)54-64-25-12-18-31-74(64)85-97/h12-21,25-44,52,97-98H,2,4,10-11,22-24,45-51,53-57H2,1,3,5-9H3,(H3-,87,88,89,94,95,96,99,100,101)/p+1. The molecule has 18 heteroatoms. The summed E-state index contributed by atoms with van der Waals surface area (Å²) in [5.74, 6) is -1.01. The van der Waals surface area contributed by atoms with Crippen molar-refractivity contribution in [3.8, 4) is 0 Å². The highest BCUT2D eigenvalue weighted by molar-refractivity contribution is 7.85. The number of nitrogens with zero attached hydrogens (tertiary/aromatic N) is 4. The molecular formula is C84H96B2N7O8S+. The lowest BCUT2D eigenvalue weighted by Crippen LogP contribution is -2.32. The minimum absolute atomic E-state index is 0.198. The van der Waals surface area contributed by atoms with Crippen molar-refractivity contribution in [1.29, 1.82) is 0 Å². The van der Waals surface area contributed by atoms with Crippen LogP contribution in [0.5, 0.6) is 0 Å². The zero-order valence-electron chi connectivity index (χ0n) is 60.1. The number of fused-ring (bicyclic) bond motifs is 4. The number of carbonyl (C=O) groups excluding carboxylic acids is 3. The van der Waals surface area contributed by atoms with Crippen LogP contribution < -0.4 is 31.8 Å². The van der Waals surface area contributed by atoms with Gasteiger partial charge in [-0.2, -0.15) is 13.0 Å². The molecule has 10 rings (SSSR count). The van der Waals surface area contributed by atoms with Gasteiger partial charge in [0, 0.05) is 123 Å². The van der Waals surface area contributed by atoms with Crippen molar-refractivity contribution in [3.63, 3.8) is 0 Å². The highest BCUT2D eigenvalue weighted by Crippen LogP contribution is 2.48. The molecule has 102 heavy (non-hydrogen) atoms. The van der Waals surface area contributed by atoms with Crippen molar-refractivity contribution in [1.82, 2.24) is 25.8 Å². The molecule has 8 aromatic carbocycles. The van der Waals surface area contributed by atoms with Crippen LogP contribution in [-0.4, -0.2) is 121 Å². The highest BCUT2D eigenvalue weighted by Gasteiger charge is 2.44. The predicted octanol–water partition coefficient (Wildman–Crippen LogP) is 12.3. The van der Waals surface area contributed by atoms with E-state index >= 15 is 0 Å². The first-order valence-corrected chi connectivity index (χ1v) is 37.1. The van der Waals surface area contributed by atoms with E-state index < -0.39 is 15.5 Å². The van der Waals surface area contributed by atoms with Crippen LogP contribution in [0, 0.1) is 0 Å². The first kappa shape index (κ1) is 75.4. The van der Waals surface area contributed by atoms with Crippen molar-refractivity contribution in [3.05, 3.63) is 268 Å². The Kier molecular flexibility index (Phi) is 25.2. The van der Waals surface area contributed by atoms with E-state index in [1.165, 1.54) is 16.9 Å². The molecule has 0 saturated carbocycles. The van der Waals surface area contributed by atoms with Gasteiger partial charge in [-0.15, -0.1) is 0 Å². The minimum Gasteiger partial charge on any atom is -0.450 e. The van der Waals surface area contributed by atoms with Gasteiger partial charge in [0.05, 0.1) is 11.2 Å². The summed E-state index contributed by atoms with van der Waals surface area (Å²) in [6.45, 7) is 27.6. The van der Waals surface area contributed by atoms with Gasteiger partial charge >= 0.3 is 15.0 Å². The molecule has 0 unspecified atom stereocenters. The molecule has 0 spiro atoms. The molecule has 3 amide bonds. The van der Waals surface area contributed by atoms with Crippen LogP contribution in [0.25, 0.3) is 27.1 Å². The van der Waals surface area contributed by atoms with E-state index in [0.717, 1.165) is 112 Å². The van der Waals surface area contributed by atoms with Crippen LogP contribution in [0.3, 0.4) is 0 Å². The van der Waals surface area contributed by atoms with Gasteiger partial charge in [0.2, 0.25) is 17.5 Å². The maximum atomic E-state index is 15.0. The van der Waals surface area contributed by atoms with Gasteiger partial charge in [0.15, 0.2) is 5.71 Å². The van der Waals surface area contributed by atoms with Crippen LogP contribution >= 0.6 is 0 Å². The first-order chi connectivity index (χ1) is 49.0. The highest BCUT2D eigenvalue weighted by atomic mass is 32.2. The van der Waals surface area contributed by atoms with E-state index in [-0.39, 0.29) is 41.9 Å². The van der Waals surface area contributed by atoms with E-state index in [1.54, 1.807) is 13.8 Å². The summed E-state index contributed by atoms with van der Waals surface area (Å²) in [5.41, 5.74) is 15.6. The second-order valence-electron chi connectivity index (χ2n) is 28.0. The Morgan fingerprint density at radius 1 is 0.608 bits per heavy atom. The Morgan fingerprint density at radius 2 is 1.14 bits per heavy atom. The van der Waals surface area contributed by atoms with Gasteiger partial charge in [0.1, 0.15) is 6.54 Å². The fourth-order valence-corrected chi connectivity index (χ4v) is 14.8. The second kappa shape index (κ2) is 34.1. The van der Waals surface area contributed by atoms with Crippen LogP contribution in [0.1, 0.15) is 135 Å². The summed E-state index contributed by atoms with van der Waals surface area (Å²) < 4.78 is 36.0. The summed E-state index contributed by atoms with van der Waals surface area (Å²) in [6, 6.07) is 55.0. The van der Waals surface area contributed by atoms with Crippen molar-refractivity contribution in [2.75, 3.05) is 49.9 Å². The van der Waals surface area contributed by atoms with Gasteiger partial charge < -0.3 is 30.9 Å². The van der Waals surface area contributed by atoms with Gasteiger partial charge in [-0.05, 0) is 154 Å². The molecule has 0 fully saturated rings. The number of anilines is 1. The number of unbranched alkanes of at least 4 members (excludes halogenated alkanes) is 1. The number of hydrogen-bond acceptors (Lipinski definition) is 10. The zero-order chi connectivity index (χ0) is 72.7. The molecule has 0 aromatic heterocycles. The number of carbonyl (C=O) groups is 3. The Hall–Kier alpha value is -9.26. The fourth-order valence-electron chi connectivity index (χ4n) is 14.3. The SMILES string of the molecule is C=C(C)C(=O)NCCCN(Cc1ccccc1[B]O)Cc1c2ccccc2c(CN(CCCNC(=O)C(=C)C)Cc2ccccc2[B]O)c2cc(C(=O)NCc3ccc(C(C=CC4=[N+](CCCS(=O)(=O)O)c5ccccc5C4(C)C)=CC=C4N(CCCC)c5ccccc5C4(C)C)cc3)ccc12. The first-order valence-electron chi connectivity index (χ1n) is 35.4. The molecule has 0 aliphatic carbocycles. The second-order valence-corrected chi connectivity index (χ2v) is 29.5. The molecule has 2 aliphatic heterocycles. The van der Waals surface area contributed by atoms with E-state index in [2.05, 4.69) is 186 Å². The smallest absolute Gasteiger partial charge is 0.327 e.